The minimum absolute atomic E-state index is 0.143. The van der Waals surface area contributed by atoms with E-state index in [1.165, 1.54) is 5.56 Å². The zero-order valence-electron chi connectivity index (χ0n) is 15.6. The topological polar surface area (TPSA) is 60.9 Å². The number of rotatable bonds is 3. The molecule has 2 amide bonds. The number of hydrogen-bond donors (Lipinski definition) is 1. The standard InChI is InChI=1S/C20H28N2O3/c1-5-14-11-13(3)12-15(6-2)16(14)17-18(23)21-9-7-20(4,25)8-10-22(21)19(17)24/h11-12,17,25H,5-10H2,1-4H3. The van der Waals surface area contributed by atoms with Crippen LogP contribution in [0.1, 0.15) is 61.8 Å². The van der Waals surface area contributed by atoms with Crippen molar-refractivity contribution in [1.29, 1.82) is 0 Å². The molecular weight excluding hydrogens is 316 g/mol. The third-order valence-electron chi connectivity index (χ3n) is 5.56. The van der Waals surface area contributed by atoms with E-state index in [4.69, 9.17) is 0 Å². The second-order valence-corrected chi connectivity index (χ2v) is 7.56. The first-order valence-electron chi connectivity index (χ1n) is 9.26. The van der Waals surface area contributed by atoms with Crippen LogP contribution in [0.25, 0.3) is 0 Å². The van der Waals surface area contributed by atoms with Crippen LogP contribution in [0.5, 0.6) is 0 Å². The van der Waals surface area contributed by atoms with Crippen molar-refractivity contribution in [1.82, 2.24) is 10.0 Å². The zero-order valence-corrected chi connectivity index (χ0v) is 15.6. The molecule has 1 N–H and O–H groups in total. The molecule has 2 saturated heterocycles. The molecule has 0 aliphatic carbocycles. The van der Waals surface area contributed by atoms with Crippen molar-refractivity contribution in [2.75, 3.05) is 13.1 Å². The van der Waals surface area contributed by atoms with Crippen molar-refractivity contribution in [2.24, 2.45) is 0 Å². The summed E-state index contributed by atoms with van der Waals surface area (Å²) in [4.78, 5) is 26.2. The summed E-state index contributed by atoms with van der Waals surface area (Å²) in [7, 11) is 0. The van der Waals surface area contributed by atoms with Gasteiger partial charge in [0.1, 0.15) is 5.92 Å². The number of nitrogens with zero attached hydrogens (tertiary/aromatic N) is 2. The van der Waals surface area contributed by atoms with Gasteiger partial charge >= 0.3 is 0 Å². The van der Waals surface area contributed by atoms with E-state index in [9.17, 15) is 14.7 Å². The van der Waals surface area contributed by atoms with Gasteiger partial charge in [0.15, 0.2) is 0 Å². The highest BCUT2D eigenvalue weighted by molar-refractivity contribution is 6.10. The summed E-state index contributed by atoms with van der Waals surface area (Å²) in [5.41, 5.74) is 3.43. The van der Waals surface area contributed by atoms with Crippen molar-refractivity contribution < 1.29 is 14.7 Å². The number of aryl methyl sites for hydroxylation is 3. The maximum absolute atomic E-state index is 13.1. The lowest BCUT2D eigenvalue weighted by molar-refractivity contribution is -0.145. The molecule has 5 nitrogen and oxygen atoms in total. The normalized spacial score (nSPS) is 20.8. The molecule has 0 unspecified atom stereocenters. The van der Waals surface area contributed by atoms with E-state index in [1.807, 2.05) is 0 Å². The quantitative estimate of drug-likeness (QED) is 0.856. The van der Waals surface area contributed by atoms with Crippen molar-refractivity contribution >= 4 is 11.8 Å². The lowest BCUT2D eigenvalue weighted by Gasteiger charge is -2.24. The number of amides is 2. The molecular formula is C20H28N2O3. The number of aliphatic hydroxyl groups is 1. The Balaban J connectivity index is 2.03. The smallest absolute Gasteiger partial charge is 0.258 e. The molecule has 5 heteroatoms. The van der Waals surface area contributed by atoms with E-state index in [0.717, 1.165) is 29.5 Å². The Kier molecular flexibility index (Phi) is 4.62. The molecule has 2 aliphatic rings. The molecule has 3 rings (SSSR count). The molecule has 0 saturated carbocycles. The second-order valence-electron chi connectivity index (χ2n) is 7.56. The van der Waals surface area contributed by atoms with Gasteiger partial charge in [-0.25, -0.2) is 0 Å². The fourth-order valence-electron chi connectivity index (χ4n) is 4.08. The van der Waals surface area contributed by atoms with Crippen LogP contribution in [0.4, 0.5) is 0 Å². The maximum atomic E-state index is 13.1. The van der Waals surface area contributed by atoms with E-state index in [-0.39, 0.29) is 11.8 Å². The summed E-state index contributed by atoms with van der Waals surface area (Å²) in [5.74, 6) is -1.01. The molecule has 0 spiro atoms. The van der Waals surface area contributed by atoms with Crippen LogP contribution in [-0.2, 0) is 22.4 Å². The van der Waals surface area contributed by atoms with Gasteiger partial charge in [-0.15, -0.1) is 0 Å². The Morgan fingerprint density at radius 2 is 1.48 bits per heavy atom. The summed E-state index contributed by atoms with van der Waals surface area (Å²) in [6.45, 7) is 8.74. The number of fused-ring (bicyclic) bond motifs is 1. The zero-order chi connectivity index (χ0) is 18.4. The Morgan fingerprint density at radius 1 is 1.04 bits per heavy atom. The molecule has 2 heterocycles. The van der Waals surface area contributed by atoms with Gasteiger partial charge in [0.25, 0.3) is 11.8 Å². The predicted octanol–water partition coefficient (Wildman–Crippen LogP) is 2.33. The van der Waals surface area contributed by atoms with Crippen molar-refractivity contribution in [2.45, 2.75) is 64.9 Å². The number of hydrogen-bond acceptors (Lipinski definition) is 3. The fraction of sp³-hybridized carbons (Fsp3) is 0.600. The van der Waals surface area contributed by atoms with E-state index in [2.05, 4.69) is 32.9 Å². The summed E-state index contributed by atoms with van der Waals surface area (Å²) < 4.78 is 0. The predicted molar refractivity (Wildman–Crippen MR) is 96.0 cm³/mol. The Morgan fingerprint density at radius 3 is 1.88 bits per heavy atom. The summed E-state index contributed by atoms with van der Waals surface area (Å²) in [5, 5.41) is 13.4. The Labute approximate surface area is 149 Å². The molecule has 2 fully saturated rings. The molecule has 1 aromatic rings. The molecule has 0 aromatic heterocycles. The average molecular weight is 344 g/mol. The van der Waals surface area contributed by atoms with Gasteiger partial charge in [-0.3, -0.25) is 19.6 Å². The average Bonchev–Trinajstić information content (AvgIpc) is 2.69. The first kappa shape index (κ1) is 17.9. The largest absolute Gasteiger partial charge is 0.390 e. The van der Waals surface area contributed by atoms with Crippen LogP contribution < -0.4 is 0 Å². The molecule has 136 valence electrons. The summed E-state index contributed by atoms with van der Waals surface area (Å²) in [6, 6.07) is 4.19. The van der Waals surface area contributed by atoms with E-state index >= 15 is 0 Å². The third kappa shape index (κ3) is 3.06. The summed E-state index contributed by atoms with van der Waals surface area (Å²) in [6.07, 6.45) is 2.58. The number of carbonyl (C=O) groups is 2. The van der Waals surface area contributed by atoms with Crippen LogP contribution >= 0.6 is 0 Å². The molecule has 25 heavy (non-hydrogen) atoms. The van der Waals surface area contributed by atoms with Gasteiger partial charge in [-0.2, -0.15) is 0 Å². The highest BCUT2D eigenvalue weighted by Gasteiger charge is 2.49. The SMILES string of the molecule is CCc1cc(C)cc(CC)c1C1C(=O)N2CCC(C)(O)CCN2C1=O. The van der Waals surface area contributed by atoms with Crippen molar-refractivity contribution in [3.63, 3.8) is 0 Å². The number of benzene rings is 1. The van der Waals surface area contributed by atoms with Gasteiger partial charge in [0, 0.05) is 13.1 Å². The lowest BCUT2D eigenvalue weighted by Crippen LogP contribution is -2.40. The molecule has 0 bridgehead atoms. The first-order valence-corrected chi connectivity index (χ1v) is 9.26. The van der Waals surface area contributed by atoms with Crippen LogP contribution in [0.15, 0.2) is 12.1 Å². The first-order chi connectivity index (χ1) is 11.8. The highest BCUT2D eigenvalue weighted by Crippen LogP contribution is 2.37. The highest BCUT2D eigenvalue weighted by atomic mass is 16.3. The van der Waals surface area contributed by atoms with Gasteiger partial charge < -0.3 is 5.11 Å². The molecule has 1 aromatic carbocycles. The molecule has 0 atom stereocenters. The maximum Gasteiger partial charge on any atom is 0.258 e. The Bertz CT molecular complexity index is 658. The minimum atomic E-state index is -0.826. The monoisotopic (exact) mass is 344 g/mol. The lowest BCUT2D eigenvalue weighted by atomic mass is 9.85. The van der Waals surface area contributed by atoms with Crippen LogP contribution in [0.2, 0.25) is 0 Å². The van der Waals surface area contributed by atoms with E-state index in [1.54, 1.807) is 16.9 Å². The number of carbonyl (C=O) groups excluding carboxylic acids is 2. The van der Waals surface area contributed by atoms with E-state index < -0.39 is 11.5 Å². The molecule has 2 aliphatic heterocycles. The minimum Gasteiger partial charge on any atom is -0.390 e. The van der Waals surface area contributed by atoms with Crippen LogP contribution in [-0.4, -0.2) is 45.6 Å². The van der Waals surface area contributed by atoms with Gasteiger partial charge in [-0.1, -0.05) is 31.5 Å². The van der Waals surface area contributed by atoms with Crippen molar-refractivity contribution in [3.8, 4) is 0 Å². The van der Waals surface area contributed by atoms with Gasteiger partial charge in [0.2, 0.25) is 0 Å². The van der Waals surface area contributed by atoms with Crippen molar-refractivity contribution in [3.05, 3.63) is 34.4 Å². The summed E-state index contributed by atoms with van der Waals surface area (Å²) >= 11 is 0. The van der Waals surface area contributed by atoms with Crippen LogP contribution in [0.3, 0.4) is 0 Å². The second kappa shape index (κ2) is 6.45. The third-order valence-corrected chi connectivity index (χ3v) is 5.56. The molecule has 0 radical (unpaired) electrons. The number of hydrazine groups is 1. The van der Waals surface area contributed by atoms with E-state index in [0.29, 0.717) is 25.9 Å². The van der Waals surface area contributed by atoms with Gasteiger partial charge in [-0.05, 0) is 56.2 Å². The van der Waals surface area contributed by atoms with Crippen LogP contribution in [0, 0.1) is 6.92 Å². The van der Waals surface area contributed by atoms with Gasteiger partial charge in [0.05, 0.1) is 5.60 Å². The fourth-order valence-corrected chi connectivity index (χ4v) is 4.08. The Hall–Kier alpha value is -1.88.